The van der Waals surface area contributed by atoms with Gasteiger partial charge >= 0.3 is 0 Å². The van der Waals surface area contributed by atoms with Crippen molar-refractivity contribution in [2.75, 3.05) is 43.6 Å². The molecule has 0 unspecified atom stereocenters. The van der Waals surface area contributed by atoms with Gasteiger partial charge < -0.3 is 19.1 Å². The number of hydrogen-bond acceptors (Lipinski definition) is 6. The number of methoxy groups -OCH3 is 3. The van der Waals surface area contributed by atoms with E-state index in [0.29, 0.717) is 36.8 Å². The lowest BCUT2D eigenvalue weighted by Crippen LogP contribution is -2.43. The predicted molar refractivity (Wildman–Crippen MR) is 125 cm³/mol. The van der Waals surface area contributed by atoms with E-state index in [4.69, 9.17) is 14.2 Å². The van der Waals surface area contributed by atoms with Crippen molar-refractivity contribution >= 4 is 21.4 Å². The first-order valence-corrected chi connectivity index (χ1v) is 11.6. The monoisotopic (exact) mass is 454 g/mol. The Balaban J connectivity index is 1.78. The standard InChI is InChI=1S/C24H26N2O5S/c1-29-19-9-11-21-22(15-19)25(17-18-7-5-4-6-8-18)13-14-26(21)32(27,28)24-16-20(30-2)10-12-23(24)31-3/h4-12,15-16H,13-14,17H2,1-3H3. The summed E-state index contributed by atoms with van der Waals surface area (Å²) >= 11 is 0. The molecule has 3 aromatic rings. The molecule has 0 saturated carbocycles. The average Bonchev–Trinajstić information content (AvgIpc) is 2.84. The lowest BCUT2D eigenvalue weighted by atomic mass is 10.1. The second kappa shape index (κ2) is 9.00. The van der Waals surface area contributed by atoms with Crippen LogP contribution in [0.15, 0.2) is 71.6 Å². The van der Waals surface area contributed by atoms with E-state index in [1.54, 1.807) is 31.4 Å². The second-order valence-electron chi connectivity index (χ2n) is 7.36. The molecule has 0 amide bonds. The van der Waals surface area contributed by atoms with Crippen molar-refractivity contribution in [1.29, 1.82) is 0 Å². The molecule has 168 valence electrons. The number of hydrogen-bond donors (Lipinski definition) is 0. The van der Waals surface area contributed by atoms with Crippen molar-refractivity contribution in [1.82, 2.24) is 0 Å². The first-order valence-electron chi connectivity index (χ1n) is 10.2. The fourth-order valence-electron chi connectivity index (χ4n) is 3.87. The van der Waals surface area contributed by atoms with Crippen molar-refractivity contribution in [3.63, 3.8) is 0 Å². The average molecular weight is 455 g/mol. The predicted octanol–water partition coefficient (Wildman–Crippen LogP) is 3.93. The molecule has 0 aromatic heterocycles. The molecule has 0 radical (unpaired) electrons. The van der Waals surface area contributed by atoms with Crippen LogP contribution >= 0.6 is 0 Å². The molecule has 3 aromatic carbocycles. The number of nitrogens with zero attached hydrogens (tertiary/aromatic N) is 2. The summed E-state index contributed by atoms with van der Waals surface area (Å²) < 4.78 is 45.0. The molecule has 0 bridgehead atoms. The number of ether oxygens (including phenoxy) is 3. The largest absolute Gasteiger partial charge is 0.497 e. The summed E-state index contributed by atoms with van der Waals surface area (Å²) in [5.74, 6) is 1.38. The third-order valence-corrected chi connectivity index (χ3v) is 7.35. The topological polar surface area (TPSA) is 68.3 Å². The molecule has 1 aliphatic rings. The second-order valence-corrected chi connectivity index (χ2v) is 9.19. The third kappa shape index (κ3) is 4.05. The van der Waals surface area contributed by atoms with Crippen molar-refractivity contribution < 1.29 is 22.6 Å². The molecule has 0 atom stereocenters. The summed E-state index contributed by atoms with van der Waals surface area (Å²) in [6.45, 7) is 1.49. The van der Waals surface area contributed by atoms with Gasteiger partial charge in [-0.2, -0.15) is 0 Å². The van der Waals surface area contributed by atoms with E-state index in [1.165, 1.54) is 24.6 Å². The SMILES string of the molecule is COc1ccc2c(c1)N(Cc1ccccc1)CCN2S(=O)(=O)c1cc(OC)ccc1OC. The first kappa shape index (κ1) is 21.8. The van der Waals surface area contributed by atoms with Crippen LogP contribution in [-0.4, -0.2) is 42.8 Å². The maximum Gasteiger partial charge on any atom is 0.268 e. The Morgan fingerprint density at radius 3 is 2.16 bits per heavy atom. The Hall–Kier alpha value is -3.39. The van der Waals surface area contributed by atoms with Gasteiger partial charge in [0.05, 0.1) is 39.2 Å². The third-order valence-electron chi connectivity index (χ3n) is 5.52. The highest BCUT2D eigenvalue weighted by Crippen LogP contribution is 2.41. The molecule has 0 spiro atoms. The van der Waals surface area contributed by atoms with Gasteiger partial charge in [-0.15, -0.1) is 0 Å². The van der Waals surface area contributed by atoms with E-state index in [0.717, 1.165) is 11.3 Å². The minimum Gasteiger partial charge on any atom is -0.497 e. The lowest BCUT2D eigenvalue weighted by molar-refractivity contribution is 0.392. The van der Waals surface area contributed by atoms with Gasteiger partial charge in [0.1, 0.15) is 22.1 Å². The van der Waals surface area contributed by atoms with Crippen molar-refractivity contribution in [3.8, 4) is 17.2 Å². The van der Waals surface area contributed by atoms with E-state index in [1.807, 2.05) is 24.3 Å². The van der Waals surface area contributed by atoms with Crippen LogP contribution in [0.2, 0.25) is 0 Å². The van der Waals surface area contributed by atoms with Crippen LogP contribution in [0.4, 0.5) is 11.4 Å². The van der Waals surface area contributed by atoms with Crippen molar-refractivity contribution in [3.05, 3.63) is 72.3 Å². The maximum absolute atomic E-state index is 13.8. The van der Waals surface area contributed by atoms with Gasteiger partial charge in [-0.05, 0) is 29.8 Å². The Morgan fingerprint density at radius 1 is 0.781 bits per heavy atom. The highest BCUT2D eigenvalue weighted by molar-refractivity contribution is 7.93. The van der Waals surface area contributed by atoms with Gasteiger partial charge in [0.25, 0.3) is 10.0 Å². The maximum atomic E-state index is 13.8. The molecule has 1 heterocycles. The summed E-state index contributed by atoms with van der Waals surface area (Å²) in [5, 5.41) is 0. The van der Waals surface area contributed by atoms with E-state index in [2.05, 4.69) is 17.0 Å². The molecular formula is C24H26N2O5S. The minimum absolute atomic E-state index is 0.0672. The minimum atomic E-state index is -3.91. The van der Waals surface area contributed by atoms with Crippen LogP contribution in [0.3, 0.4) is 0 Å². The van der Waals surface area contributed by atoms with E-state index in [9.17, 15) is 8.42 Å². The van der Waals surface area contributed by atoms with Crippen LogP contribution in [0.25, 0.3) is 0 Å². The Kier molecular flexibility index (Phi) is 6.14. The first-order chi connectivity index (χ1) is 15.5. The van der Waals surface area contributed by atoms with Gasteiger partial charge in [-0.25, -0.2) is 8.42 Å². The Bertz CT molecular complexity index is 1200. The number of fused-ring (bicyclic) bond motifs is 1. The van der Waals surface area contributed by atoms with Gasteiger partial charge in [0, 0.05) is 25.2 Å². The highest BCUT2D eigenvalue weighted by atomic mass is 32.2. The molecule has 32 heavy (non-hydrogen) atoms. The van der Waals surface area contributed by atoms with E-state index in [-0.39, 0.29) is 10.6 Å². The zero-order chi connectivity index (χ0) is 22.7. The van der Waals surface area contributed by atoms with Crippen LogP contribution in [0.1, 0.15) is 5.56 Å². The summed E-state index contributed by atoms with van der Waals surface area (Å²) in [6, 6.07) is 20.3. The summed E-state index contributed by atoms with van der Waals surface area (Å²) in [5.41, 5.74) is 2.54. The Labute approximate surface area is 188 Å². The molecule has 1 aliphatic heterocycles. The molecule has 8 heteroatoms. The van der Waals surface area contributed by atoms with Gasteiger partial charge in [0.15, 0.2) is 0 Å². The zero-order valence-electron chi connectivity index (χ0n) is 18.3. The number of benzene rings is 3. The number of rotatable bonds is 7. The summed E-state index contributed by atoms with van der Waals surface area (Å²) in [6.07, 6.45) is 0. The lowest BCUT2D eigenvalue weighted by Gasteiger charge is -2.38. The quantitative estimate of drug-likeness (QED) is 0.539. The summed E-state index contributed by atoms with van der Waals surface area (Å²) in [4.78, 5) is 2.24. The molecule has 0 aliphatic carbocycles. The normalized spacial score (nSPS) is 13.5. The fourth-order valence-corrected chi connectivity index (χ4v) is 5.51. The number of sulfonamides is 1. The van der Waals surface area contributed by atoms with E-state index >= 15 is 0 Å². The van der Waals surface area contributed by atoms with Gasteiger partial charge in [0.2, 0.25) is 0 Å². The Morgan fingerprint density at radius 2 is 1.47 bits per heavy atom. The summed E-state index contributed by atoms with van der Waals surface area (Å²) in [7, 11) is 0.651. The van der Waals surface area contributed by atoms with Crippen LogP contribution in [0.5, 0.6) is 17.2 Å². The molecule has 0 fully saturated rings. The van der Waals surface area contributed by atoms with Crippen LogP contribution in [-0.2, 0) is 16.6 Å². The zero-order valence-corrected chi connectivity index (χ0v) is 19.1. The van der Waals surface area contributed by atoms with Gasteiger partial charge in [-0.1, -0.05) is 30.3 Å². The number of anilines is 2. The van der Waals surface area contributed by atoms with Crippen LogP contribution < -0.4 is 23.4 Å². The van der Waals surface area contributed by atoms with Gasteiger partial charge in [-0.3, -0.25) is 4.31 Å². The van der Waals surface area contributed by atoms with Crippen LogP contribution in [0, 0.1) is 0 Å². The molecule has 4 rings (SSSR count). The molecular weight excluding hydrogens is 428 g/mol. The highest BCUT2D eigenvalue weighted by Gasteiger charge is 2.34. The van der Waals surface area contributed by atoms with E-state index < -0.39 is 10.0 Å². The molecule has 0 N–H and O–H groups in total. The molecule has 7 nitrogen and oxygen atoms in total. The smallest absolute Gasteiger partial charge is 0.268 e. The fraction of sp³-hybridized carbons (Fsp3) is 0.250. The molecule has 0 saturated heterocycles. The van der Waals surface area contributed by atoms with Crippen molar-refractivity contribution in [2.45, 2.75) is 11.4 Å². The van der Waals surface area contributed by atoms with Crippen molar-refractivity contribution in [2.24, 2.45) is 0 Å².